The smallest absolute Gasteiger partial charge is 0.228 e. The van der Waals surface area contributed by atoms with E-state index in [9.17, 15) is 0 Å². The highest BCUT2D eigenvalue weighted by Crippen LogP contribution is 2.28. The molecule has 0 aliphatic carbocycles. The van der Waals surface area contributed by atoms with Gasteiger partial charge in [0.15, 0.2) is 11.0 Å². The van der Waals surface area contributed by atoms with Crippen LogP contribution in [0.15, 0.2) is 21.1 Å². The Morgan fingerprint density at radius 3 is 2.38 bits per heavy atom. The highest BCUT2D eigenvalue weighted by Gasteiger charge is 2.20. The van der Waals surface area contributed by atoms with Crippen LogP contribution in [0.5, 0.6) is 0 Å². The van der Waals surface area contributed by atoms with Gasteiger partial charge in [0.05, 0.1) is 13.1 Å². The molecule has 0 spiro atoms. The van der Waals surface area contributed by atoms with Crippen molar-refractivity contribution < 1.29 is 4.57 Å². The second-order valence-electron chi connectivity index (χ2n) is 3.79. The largest absolute Gasteiger partial charge is 0.254 e. The summed E-state index contributed by atoms with van der Waals surface area (Å²) in [6.07, 6.45) is 0. The molecular weight excluding hydrogens is 332 g/mol. The second-order valence-corrected chi connectivity index (χ2v) is 5.50. The summed E-state index contributed by atoms with van der Waals surface area (Å²) in [6.45, 7) is 8.55. The average molecular weight is 347 g/mol. The number of nitrogens with zero attached hydrogens (tertiary/aromatic N) is 2. The Bertz CT molecular complexity index is 497. The van der Waals surface area contributed by atoms with Crippen LogP contribution in [-0.4, -0.2) is 4.57 Å². The maximum Gasteiger partial charge on any atom is 0.254 e. The number of rotatable bonds is 2. The zero-order chi connectivity index (χ0) is 11.9. The van der Waals surface area contributed by atoms with E-state index in [0.29, 0.717) is 0 Å². The quantitative estimate of drug-likeness (QED) is 0.731. The molecular formula is C12H15Br2N2+. The topological polar surface area (TPSA) is 8.81 Å². The second kappa shape index (κ2) is 4.49. The molecule has 0 aliphatic heterocycles. The van der Waals surface area contributed by atoms with Crippen LogP contribution in [0.1, 0.15) is 19.7 Å². The lowest BCUT2D eigenvalue weighted by Gasteiger charge is -1.96. The molecule has 0 unspecified atom stereocenters. The summed E-state index contributed by atoms with van der Waals surface area (Å²) in [5, 5.41) is 0. The number of halogens is 2. The van der Waals surface area contributed by atoms with Crippen molar-refractivity contribution in [3.63, 3.8) is 0 Å². The number of aromatic nitrogens is 2. The van der Waals surface area contributed by atoms with E-state index < -0.39 is 0 Å². The van der Waals surface area contributed by atoms with Gasteiger partial charge in [0.2, 0.25) is 0 Å². The van der Waals surface area contributed by atoms with Crippen LogP contribution in [0.2, 0.25) is 0 Å². The number of imidazole rings is 1. The van der Waals surface area contributed by atoms with Crippen LogP contribution in [0.3, 0.4) is 0 Å². The molecule has 0 radical (unpaired) electrons. The van der Waals surface area contributed by atoms with Gasteiger partial charge in [-0.2, -0.15) is 0 Å². The monoisotopic (exact) mass is 345 g/mol. The molecule has 1 aromatic heterocycles. The molecule has 1 heterocycles. The molecule has 0 bridgehead atoms. The molecule has 0 N–H and O–H groups in total. The number of aryl methyl sites for hydroxylation is 2. The van der Waals surface area contributed by atoms with Gasteiger partial charge in [-0.05, 0) is 45.7 Å². The Balaban J connectivity index is 2.89. The van der Waals surface area contributed by atoms with Crippen LogP contribution in [0.25, 0.3) is 11.0 Å². The van der Waals surface area contributed by atoms with Gasteiger partial charge < -0.3 is 0 Å². The predicted molar refractivity (Wildman–Crippen MR) is 73.6 cm³/mol. The van der Waals surface area contributed by atoms with Gasteiger partial charge in [0.25, 0.3) is 5.82 Å². The van der Waals surface area contributed by atoms with Crippen molar-refractivity contribution in [3.05, 3.63) is 26.9 Å². The average Bonchev–Trinajstić information content (AvgIpc) is 2.50. The Morgan fingerprint density at radius 2 is 1.81 bits per heavy atom. The van der Waals surface area contributed by atoms with E-state index in [4.69, 9.17) is 0 Å². The molecule has 2 rings (SSSR count). The van der Waals surface area contributed by atoms with Crippen LogP contribution >= 0.6 is 31.9 Å². The Labute approximate surface area is 113 Å². The van der Waals surface area contributed by atoms with E-state index in [1.54, 1.807) is 0 Å². The first-order chi connectivity index (χ1) is 7.60. The van der Waals surface area contributed by atoms with E-state index in [2.05, 4.69) is 73.9 Å². The summed E-state index contributed by atoms with van der Waals surface area (Å²) in [7, 11) is 0. The minimum atomic E-state index is 1.00. The van der Waals surface area contributed by atoms with Crippen molar-refractivity contribution in [2.45, 2.75) is 33.9 Å². The van der Waals surface area contributed by atoms with E-state index in [1.165, 1.54) is 16.9 Å². The number of benzene rings is 1. The van der Waals surface area contributed by atoms with Crippen LogP contribution in [0.4, 0.5) is 0 Å². The van der Waals surface area contributed by atoms with Crippen LogP contribution in [0, 0.1) is 6.92 Å². The van der Waals surface area contributed by atoms with Crippen molar-refractivity contribution >= 4 is 42.9 Å². The van der Waals surface area contributed by atoms with E-state index in [1.807, 2.05) is 0 Å². The lowest BCUT2D eigenvalue weighted by Crippen LogP contribution is -2.35. The molecule has 0 aliphatic rings. The fraction of sp³-hybridized carbons (Fsp3) is 0.417. The summed E-state index contributed by atoms with van der Waals surface area (Å²) in [4.78, 5) is 0. The third kappa shape index (κ3) is 1.72. The molecule has 1 aromatic carbocycles. The summed E-state index contributed by atoms with van der Waals surface area (Å²) < 4.78 is 6.90. The van der Waals surface area contributed by atoms with Gasteiger partial charge in [-0.25, -0.2) is 9.13 Å². The summed E-state index contributed by atoms with van der Waals surface area (Å²) in [5.74, 6) is 1.31. The SMILES string of the molecule is CCn1c(C)[n+](CC)c2cc(Br)c(Br)cc21. The van der Waals surface area contributed by atoms with Gasteiger partial charge in [0.1, 0.15) is 0 Å². The first-order valence-corrected chi connectivity index (χ1v) is 7.06. The van der Waals surface area contributed by atoms with Gasteiger partial charge >= 0.3 is 0 Å². The van der Waals surface area contributed by atoms with Crippen molar-refractivity contribution in [2.24, 2.45) is 0 Å². The number of fused-ring (bicyclic) bond motifs is 1. The van der Waals surface area contributed by atoms with E-state index in [-0.39, 0.29) is 0 Å². The van der Waals surface area contributed by atoms with Gasteiger partial charge in [0, 0.05) is 28.0 Å². The highest BCUT2D eigenvalue weighted by atomic mass is 79.9. The summed E-state index contributed by atoms with van der Waals surface area (Å²) in [6, 6.07) is 4.37. The molecule has 0 saturated carbocycles. The van der Waals surface area contributed by atoms with Crippen LogP contribution in [-0.2, 0) is 13.1 Å². The van der Waals surface area contributed by atoms with Crippen LogP contribution < -0.4 is 4.57 Å². The molecule has 0 fully saturated rings. The maximum atomic E-state index is 3.57. The molecule has 0 atom stereocenters. The fourth-order valence-electron chi connectivity index (χ4n) is 2.25. The zero-order valence-corrected chi connectivity index (χ0v) is 12.9. The number of hydrogen-bond acceptors (Lipinski definition) is 0. The minimum Gasteiger partial charge on any atom is -0.228 e. The fourth-order valence-corrected chi connectivity index (χ4v) is 2.91. The molecule has 4 heteroatoms. The predicted octanol–water partition coefficient (Wildman–Crippen LogP) is 3.80. The number of hydrogen-bond donors (Lipinski definition) is 0. The molecule has 0 amide bonds. The van der Waals surface area contributed by atoms with Crippen molar-refractivity contribution in [1.82, 2.24) is 4.57 Å². The van der Waals surface area contributed by atoms with Gasteiger partial charge in [-0.1, -0.05) is 0 Å². The highest BCUT2D eigenvalue weighted by molar-refractivity contribution is 9.13. The Hall–Kier alpha value is -0.350. The summed E-state index contributed by atoms with van der Waals surface area (Å²) in [5.41, 5.74) is 2.58. The molecule has 0 saturated heterocycles. The Kier molecular flexibility index (Phi) is 3.40. The molecule has 16 heavy (non-hydrogen) atoms. The van der Waals surface area contributed by atoms with Crippen molar-refractivity contribution in [3.8, 4) is 0 Å². The van der Waals surface area contributed by atoms with Crippen molar-refractivity contribution in [1.29, 1.82) is 0 Å². The third-order valence-corrected chi connectivity index (χ3v) is 4.86. The van der Waals surface area contributed by atoms with Gasteiger partial charge in [-0.3, -0.25) is 0 Å². The first kappa shape index (κ1) is 12.1. The molecule has 2 aromatic rings. The van der Waals surface area contributed by atoms with Crippen molar-refractivity contribution in [2.75, 3.05) is 0 Å². The minimum absolute atomic E-state index is 1.00. The first-order valence-electron chi connectivity index (χ1n) is 5.47. The normalized spacial score (nSPS) is 11.3. The lowest BCUT2D eigenvalue weighted by atomic mass is 10.3. The lowest BCUT2D eigenvalue weighted by molar-refractivity contribution is -0.675. The van der Waals surface area contributed by atoms with E-state index in [0.717, 1.165) is 22.0 Å². The Morgan fingerprint density at radius 1 is 1.19 bits per heavy atom. The summed E-state index contributed by atoms with van der Waals surface area (Å²) >= 11 is 7.13. The van der Waals surface area contributed by atoms with Gasteiger partial charge in [-0.15, -0.1) is 0 Å². The maximum absolute atomic E-state index is 3.57. The third-order valence-electron chi connectivity index (χ3n) is 3.01. The molecule has 2 nitrogen and oxygen atoms in total. The van der Waals surface area contributed by atoms with E-state index >= 15 is 0 Å². The zero-order valence-electron chi connectivity index (χ0n) is 9.72. The standard InChI is InChI=1S/C12H15Br2N2/c1-4-15-8(3)16(5-2)12-7-10(14)9(13)6-11(12)15/h6-7H,4-5H2,1-3H3/q+1. The molecule has 86 valence electrons.